The predicted molar refractivity (Wildman–Crippen MR) is 80.7 cm³/mol. The van der Waals surface area contributed by atoms with Crippen molar-refractivity contribution in [2.45, 2.75) is 18.2 Å². The summed E-state index contributed by atoms with van der Waals surface area (Å²) >= 11 is 5.80. The van der Waals surface area contributed by atoms with Gasteiger partial charge < -0.3 is 10.1 Å². The molecular formula is C14H20ClNO3S. The molecule has 1 aromatic carbocycles. The quantitative estimate of drug-likeness (QED) is 0.870. The van der Waals surface area contributed by atoms with E-state index >= 15 is 0 Å². The van der Waals surface area contributed by atoms with Gasteiger partial charge in [0, 0.05) is 23.6 Å². The lowest BCUT2D eigenvalue weighted by molar-refractivity contribution is 0.179. The Morgan fingerprint density at radius 1 is 1.40 bits per heavy atom. The fourth-order valence-electron chi connectivity index (χ4n) is 2.49. The first-order valence-corrected chi connectivity index (χ1v) is 8.90. The van der Waals surface area contributed by atoms with Gasteiger partial charge in [-0.1, -0.05) is 23.7 Å². The summed E-state index contributed by atoms with van der Waals surface area (Å²) in [6, 6.07) is 6.90. The van der Waals surface area contributed by atoms with E-state index in [1.54, 1.807) is 31.3 Å². The molecule has 20 heavy (non-hydrogen) atoms. The van der Waals surface area contributed by atoms with Crippen molar-refractivity contribution in [1.29, 1.82) is 0 Å². The molecule has 1 aliphatic heterocycles. The highest BCUT2D eigenvalue weighted by molar-refractivity contribution is 7.90. The summed E-state index contributed by atoms with van der Waals surface area (Å²) in [6.45, 7) is 1.36. The zero-order chi connectivity index (χ0) is 14.6. The maximum Gasteiger partial charge on any atom is 0.155 e. The second-order valence-corrected chi connectivity index (χ2v) is 7.75. The van der Waals surface area contributed by atoms with Crippen LogP contribution in [0, 0.1) is 5.92 Å². The molecule has 0 saturated carbocycles. The summed E-state index contributed by atoms with van der Waals surface area (Å²) in [5, 5.41) is 3.73. The van der Waals surface area contributed by atoms with Crippen LogP contribution in [0.3, 0.4) is 0 Å². The molecule has 2 unspecified atom stereocenters. The zero-order valence-electron chi connectivity index (χ0n) is 11.5. The molecule has 0 bridgehead atoms. The molecule has 112 valence electrons. The average molecular weight is 318 g/mol. The van der Waals surface area contributed by atoms with Crippen LogP contribution >= 0.6 is 11.6 Å². The number of sulfone groups is 1. The smallest absolute Gasteiger partial charge is 0.155 e. The van der Waals surface area contributed by atoms with Gasteiger partial charge in [-0.3, -0.25) is 0 Å². The molecule has 4 nitrogen and oxygen atoms in total. The molecule has 0 aromatic heterocycles. The third kappa shape index (κ3) is 4.45. The van der Waals surface area contributed by atoms with Crippen molar-refractivity contribution in [2.24, 2.45) is 5.92 Å². The Morgan fingerprint density at radius 3 is 2.65 bits per heavy atom. The minimum absolute atomic E-state index is 0.0465. The Morgan fingerprint density at radius 2 is 2.10 bits per heavy atom. The van der Waals surface area contributed by atoms with Crippen molar-refractivity contribution in [3.8, 4) is 0 Å². The van der Waals surface area contributed by atoms with E-state index in [2.05, 4.69) is 5.32 Å². The SMILES string of the molecule is CNC(CS(=O)(=O)Cc1ccc(Cl)cc1)C1CCOC1. The Kier molecular flexibility index (Phi) is 5.43. The van der Waals surface area contributed by atoms with E-state index in [-0.39, 0.29) is 23.5 Å². The summed E-state index contributed by atoms with van der Waals surface area (Å²) in [5.74, 6) is 0.468. The summed E-state index contributed by atoms with van der Waals surface area (Å²) in [6.07, 6.45) is 0.919. The van der Waals surface area contributed by atoms with E-state index in [4.69, 9.17) is 16.3 Å². The van der Waals surface area contributed by atoms with Gasteiger partial charge in [0.25, 0.3) is 0 Å². The highest BCUT2D eigenvalue weighted by Crippen LogP contribution is 2.19. The van der Waals surface area contributed by atoms with Crippen LogP contribution in [0.2, 0.25) is 5.02 Å². The Balaban J connectivity index is 2.00. The number of hydrogen-bond acceptors (Lipinski definition) is 4. The van der Waals surface area contributed by atoms with Gasteiger partial charge in [0.2, 0.25) is 0 Å². The third-order valence-corrected chi connectivity index (χ3v) is 5.53. The van der Waals surface area contributed by atoms with Crippen molar-refractivity contribution in [3.05, 3.63) is 34.9 Å². The molecule has 0 radical (unpaired) electrons. The van der Waals surface area contributed by atoms with Crippen LogP contribution in [0.25, 0.3) is 0 Å². The van der Waals surface area contributed by atoms with Crippen molar-refractivity contribution in [3.63, 3.8) is 0 Å². The molecule has 0 spiro atoms. The van der Waals surface area contributed by atoms with Gasteiger partial charge in [-0.05, 0) is 31.2 Å². The normalized spacial score (nSPS) is 21.0. The second kappa shape index (κ2) is 6.89. The lowest BCUT2D eigenvalue weighted by Gasteiger charge is -2.21. The topological polar surface area (TPSA) is 55.4 Å². The molecule has 1 N–H and O–H groups in total. The Hall–Kier alpha value is -0.620. The summed E-state index contributed by atoms with van der Waals surface area (Å²) in [5.41, 5.74) is 0.770. The van der Waals surface area contributed by atoms with Gasteiger partial charge in [0.15, 0.2) is 9.84 Å². The molecule has 1 fully saturated rings. The van der Waals surface area contributed by atoms with E-state index in [0.717, 1.165) is 18.6 Å². The molecule has 1 heterocycles. The minimum atomic E-state index is -3.16. The number of ether oxygens (including phenoxy) is 1. The van der Waals surface area contributed by atoms with E-state index < -0.39 is 9.84 Å². The van der Waals surface area contributed by atoms with Gasteiger partial charge in [-0.15, -0.1) is 0 Å². The highest BCUT2D eigenvalue weighted by atomic mass is 35.5. The molecule has 2 rings (SSSR count). The van der Waals surface area contributed by atoms with Crippen LogP contribution in [0.1, 0.15) is 12.0 Å². The summed E-state index contributed by atoms with van der Waals surface area (Å²) < 4.78 is 29.9. The Bertz CT molecular complexity index is 524. The third-order valence-electron chi connectivity index (χ3n) is 3.64. The number of rotatable bonds is 6. The first kappa shape index (κ1) is 15.8. The molecule has 2 atom stereocenters. The molecular weight excluding hydrogens is 298 g/mol. The van der Waals surface area contributed by atoms with Crippen molar-refractivity contribution >= 4 is 21.4 Å². The van der Waals surface area contributed by atoms with Crippen LogP contribution in [-0.4, -0.2) is 40.5 Å². The number of hydrogen-bond donors (Lipinski definition) is 1. The molecule has 6 heteroatoms. The zero-order valence-corrected chi connectivity index (χ0v) is 13.1. The minimum Gasteiger partial charge on any atom is -0.381 e. The number of nitrogens with one attached hydrogen (secondary N) is 1. The van der Waals surface area contributed by atoms with Gasteiger partial charge in [-0.25, -0.2) is 8.42 Å². The average Bonchev–Trinajstić information content (AvgIpc) is 2.92. The molecule has 1 aliphatic rings. The van der Waals surface area contributed by atoms with Crippen molar-refractivity contribution in [1.82, 2.24) is 5.32 Å². The van der Waals surface area contributed by atoms with Crippen LogP contribution in [-0.2, 0) is 20.3 Å². The predicted octanol–water partition coefficient (Wildman–Crippen LogP) is 1.88. The Labute approximate surface area is 125 Å². The number of benzene rings is 1. The second-order valence-electron chi connectivity index (χ2n) is 5.20. The van der Waals surface area contributed by atoms with E-state index in [1.165, 1.54) is 0 Å². The largest absolute Gasteiger partial charge is 0.381 e. The first-order valence-electron chi connectivity index (χ1n) is 6.70. The summed E-state index contributed by atoms with van der Waals surface area (Å²) in [4.78, 5) is 0. The maximum atomic E-state index is 12.3. The van der Waals surface area contributed by atoms with E-state index in [9.17, 15) is 8.42 Å². The van der Waals surface area contributed by atoms with E-state index in [0.29, 0.717) is 11.6 Å². The monoisotopic (exact) mass is 317 g/mol. The highest BCUT2D eigenvalue weighted by Gasteiger charge is 2.28. The van der Waals surface area contributed by atoms with Crippen LogP contribution in [0.5, 0.6) is 0 Å². The van der Waals surface area contributed by atoms with Crippen molar-refractivity contribution in [2.75, 3.05) is 26.0 Å². The maximum absolute atomic E-state index is 12.3. The molecule has 1 saturated heterocycles. The van der Waals surface area contributed by atoms with Crippen LogP contribution in [0.4, 0.5) is 0 Å². The first-order chi connectivity index (χ1) is 9.50. The fourth-order valence-corrected chi connectivity index (χ4v) is 4.42. The standard InChI is InChI=1S/C14H20ClNO3S/c1-16-14(12-6-7-19-8-12)10-20(17,18)9-11-2-4-13(15)5-3-11/h2-5,12,14,16H,6-10H2,1H3. The molecule has 1 aromatic rings. The van der Waals surface area contributed by atoms with Crippen LogP contribution < -0.4 is 5.32 Å². The van der Waals surface area contributed by atoms with Gasteiger partial charge >= 0.3 is 0 Å². The van der Waals surface area contributed by atoms with Gasteiger partial charge in [-0.2, -0.15) is 0 Å². The summed E-state index contributed by atoms with van der Waals surface area (Å²) in [7, 11) is -1.35. The number of halogens is 1. The van der Waals surface area contributed by atoms with Gasteiger partial charge in [0.1, 0.15) is 0 Å². The lowest BCUT2D eigenvalue weighted by atomic mass is 10.0. The van der Waals surface area contributed by atoms with Crippen molar-refractivity contribution < 1.29 is 13.2 Å². The van der Waals surface area contributed by atoms with Crippen LogP contribution in [0.15, 0.2) is 24.3 Å². The van der Waals surface area contributed by atoms with Gasteiger partial charge in [0.05, 0.1) is 18.1 Å². The fraction of sp³-hybridized carbons (Fsp3) is 0.571. The molecule has 0 aliphatic carbocycles. The molecule has 0 amide bonds. The van der Waals surface area contributed by atoms with E-state index in [1.807, 2.05) is 0 Å². The lowest BCUT2D eigenvalue weighted by Crippen LogP contribution is -2.40.